The van der Waals surface area contributed by atoms with E-state index in [1.807, 2.05) is 25.1 Å². The van der Waals surface area contributed by atoms with E-state index in [0.29, 0.717) is 40.1 Å². The van der Waals surface area contributed by atoms with Gasteiger partial charge in [0.05, 0.1) is 18.4 Å². The average molecular weight is 463 g/mol. The Kier molecular flexibility index (Phi) is 7.21. The number of aryl methyl sites for hydroxylation is 1. The van der Waals surface area contributed by atoms with E-state index < -0.39 is 0 Å². The number of anilines is 1. The van der Waals surface area contributed by atoms with Gasteiger partial charge in [-0.1, -0.05) is 23.0 Å². The molecule has 0 fully saturated rings. The Morgan fingerprint density at radius 2 is 2.00 bits per heavy atom. The number of ether oxygens (including phenoxy) is 2. The van der Waals surface area contributed by atoms with Crippen LogP contribution < -0.4 is 14.8 Å². The first kappa shape index (κ1) is 22.3. The highest BCUT2D eigenvalue weighted by atomic mass is 32.2. The predicted octanol–water partition coefficient (Wildman–Crippen LogP) is 4.91. The van der Waals surface area contributed by atoms with E-state index in [1.54, 1.807) is 56.0 Å². The molecule has 0 aliphatic carbocycles. The molecule has 33 heavy (non-hydrogen) atoms. The average Bonchev–Trinajstić information content (AvgIpc) is 3.27. The van der Waals surface area contributed by atoms with Crippen LogP contribution in [-0.4, -0.2) is 28.1 Å². The Morgan fingerprint density at radius 1 is 1.12 bits per heavy atom. The van der Waals surface area contributed by atoms with Gasteiger partial charge in [0.2, 0.25) is 0 Å². The number of aromatic nitrogens is 3. The van der Waals surface area contributed by atoms with Crippen molar-refractivity contribution in [2.45, 2.75) is 24.3 Å². The fraction of sp³-hybridized carbons (Fsp3) is 0.167. The number of amides is 1. The van der Waals surface area contributed by atoms with E-state index in [-0.39, 0.29) is 5.91 Å². The van der Waals surface area contributed by atoms with Crippen molar-refractivity contribution >= 4 is 23.4 Å². The van der Waals surface area contributed by atoms with Crippen LogP contribution in [0.5, 0.6) is 11.5 Å². The molecule has 1 N–H and O–H groups in total. The number of carbonyl (C=O) groups is 1. The standard InChI is InChI=1S/C24H22N4O4S/c1-16-11-19(28-32-16)15-33-24-20(6-4-10-26-24)23(29)27-18-7-8-21(30-2)22(12-18)31-14-17-5-3-9-25-13-17/h3-13H,14-15H2,1-2H3,(H,27,29). The Labute approximate surface area is 195 Å². The lowest BCUT2D eigenvalue weighted by atomic mass is 10.2. The molecule has 4 rings (SSSR count). The third-order valence-corrected chi connectivity index (χ3v) is 5.63. The highest BCUT2D eigenvalue weighted by molar-refractivity contribution is 7.98. The van der Waals surface area contributed by atoms with Crippen LogP contribution in [0.25, 0.3) is 0 Å². The molecule has 0 aliphatic rings. The molecule has 8 nitrogen and oxygen atoms in total. The summed E-state index contributed by atoms with van der Waals surface area (Å²) < 4.78 is 16.4. The van der Waals surface area contributed by atoms with Gasteiger partial charge in [-0.05, 0) is 37.3 Å². The molecule has 0 unspecified atom stereocenters. The number of hydrogen-bond donors (Lipinski definition) is 1. The summed E-state index contributed by atoms with van der Waals surface area (Å²) in [7, 11) is 1.57. The molecule has 0 radical (unpaired) electrons. The summed E-state index contributed by atoms with van der Waals surface area (Å²) in [4.78, 5) is 21.5. The number of rotatable bonds is 9. The molecule has 0 saturated carbocycles. The Morgan fingerprint density at radius 3 is 2.76 bits per heavy atom. The number of nitrogens with one attached hydrogen (secondary N) is 1. The number of methoxy groups -OCH3 is 1. The summed E-state index contributed by atoms with van der Waals surface area (Å²) in [5.41, 5.74) is 2.76. The molecular formula is C24H22N4O4S. The zero-order chi connectivity index (χ0) is 23.0. The van der Waals surface area contributed by atoms with Crippen LogP contribution in [0.1, 0.15) is 27.4 Å². The summed E-state index contributed by atoms with van der Waals surface area (Å²) in [5, 5.41) is 7.51. The molecule has 9 heteroatoms. The zero-order valence-corrected chi connectivity index (χ0v) is 19.0. The third-order valence-electron chi connectivity index (χ3n) is 4.59. The van der Waals surface area contributed by atoms with E-state index in [9.17, 15) is 4.79 Å². The molecule has 3 aromatic heterocycles. The normalized spacial score (nSPS) is 10.6. The van der Waals surface area contributed by atoms with E-state index >= 15 is 0 Å². The van der Waals surface area contributed by atoms with Crippen LogP contribution in [-0.2, 0) is 12.4 Å². The molecule has 4 aromatic rings. The number of hydrogen-bond acceptors (Lipinski definition) is 8. The van der Waals surface area contributed by atoms with E-state index in [4.69, 9.17) is 14.0 Å². The Balaban J connectivity index is 1.46. The van der Waals surface area contributed by atoms with Gasteiger partial charge in [0.15, 0.2) is 11.5 Å². The van der Waals surface area contributed by atoms with Crippen LogP contribution in [0.15, 0.2) is 76.7 Å². The first-order valence-electron chi connectivity index (χ1n) is 10.1. The van der Waals surface area contributed by atoms with Crippen LogP contribution in [0.3, 0.4) is 0 Å². The first-order valence-corrected chi connectivity index (χ1v) is 11.1. The summed E-state index contributed by atoms with van der Waals surface area (Å²) in [6, 6.07) is 14.3. The highest BCUT2D eigenvalue weighted by Gasteiger charge is 2.15. The molecule has 0 atom stereocenters. The van der Waals surface area contributed by atoms with Gasteiger partial charge in [0, 0.05) is 47.7 Å². The maximum atomic E-state index is 13.0. The summed E-state index contributed by atoms with van der Waals surface area (Å²) in [6.45, 7) is 2.16. The van der Waals surface area contributed by atoms with Gasteiger partial charge in [-0.3, -0.25) is 9.78 Å². The lowest BCUT2D eigenvalue weighted by molar-refractivity contribution is 0.102. The van der Waals surface area contributed by atoms with Gasteiger partial charge in [-0.15, -0.1) is 0 Å². The van der Waals surface area contributed by atoms with Gasteiger partial charge in [0.1, 0.15) is 17.4 Å². The minimum Gasteiger partial charge on any atom is -0.493 e. The molecular weight excluding hydrogens is 440 g/mol. The molecule has 0 spiro atoms. The maximum absolute atomic E-state index is 13.0. The van der Waals surface area contributed by atoms with Gasteiger partial charge in [-0.25, -0.2) is 4.98 Å². The highest BCUT2D eigenvalue weighted by Crippen LogP contribution is 2.32. The van der Waals surface area contributed by atoms with Crippen LogP contribution >= 0.6 is 11.8 Å². The molecule has 0 aliphatic heterocycles. The lowest BCUT2D eigenvalue weighted by Gasteiger charge is -2.13. The van der Waals surface area contributed by atoms with Crippen molar-refractivity contribution in [1.29, 1.82) is 0 Å². The number of thioether (sulfide) groups is 1. The van der Waals surface area contributed by atoms with Gasteiger partial charge in [0.25, 0.3) is 5.91 Å². The number of carbonyl (C=O) groups excluding carboxylic acids is 1. The SMILES string of the molecule is COc1ccc(NC(=O)c2cccnc2SCc2cc(C)on2)cc1OCc1cccnc1. The minimum atomic E-state index is -0.273. The van der Waals surface area contributed by atoms with E-state index in [2.05, 4.69) is 20.4 Å². The van der Waals surface area contributed by atoms with Gasteiger partial charge >= 0.3 is 0 Å². The van der Waals surface area contributed by atoms with Crippen LogP contribution in [0.2, 0.25) is 0 Å². The van der Waals surface area contributed by atoms with E-state index in [0.717, 1.165) is 17.0 Å². The van der Waals surface area contributed by atoms with Crippen molar-refractivity contribution in [3.05, 3.63) is 89.7 Å². The fourth-order valence-corrected chi connectivity index (χ4v) is 3.89. The summed E-state index contributed by atoms with van der Waals surface area (Å²) in [6.07, 6.45) is 5.10. The molecule has 1 aromatic carbocycles. The molecule has 0 saturated heterocycles. The maximum Gasteiger partial charge on any atom is 0.258 e. The number of nitrogens with zero attached hydrogens (tertiary/aromatic N) is 3. The second-order valence-corrected chi connectivity index (χ2v) is 8.01. The lowest BCUT2D eigenvalue weighted by Crippen LogP contribution is -2.14. The van der Waals surface area contributed by atoms with Crippen molar-refractivity contribution in [2.75, 3.05) is 12.4 Å². The van der Waals surface area contributed by atoms with Crippen LogP contribution in [0.4, 0.5) is 5.69 Å². The van der Waals surface area contributed by atoms with Gasteiger partial charge < -0.3 is 19.3 Å². The second-order valence-electron chi connectivity index (χ2n) is 7.04. The smallest absolute Gasteiger partial charge is 0.258 e. The van der Waals surface area contributed by atoms with E-state index in [1.165, 1.54) is 11.8 Å². The van der Waals surface area contributed by atoms with Crippen molar-refractivity contribution in [2.24, 2.45) is 0 Å². The Bertz CT molecular complexity index is 1230. The molecule has 1 amide bonds. The quantitative estimate of drug-likeness (QED) is 0.351. The molecule has 0 bridgehead atoms. The largest absolute Gasteiger partial charge is 0.493 e. The third kappa shape index (κ3) is 5.89. The molecule has 3 heterocycles. The molecule has 168 valence electrons. The van der Waals surface area contributed by atoms with Crippen LogP contribution in [0, 0.1) is 6.92 Å². The summed E-state index contributed by atoms with van der Waals surface area (Å²) >= 11 is 1.42. The van der Waals surface area contributed by atoms with Crippen molar-refractivity contribution < 1.29 is 18.8 Å². The number of benzene rings is 1. The van der Waals surface area contributed by atoms with Crippen molar-refractivity contribution in [1.82, 2.24) is 15.1 Å². The monoisotopic (exact) mass is 462 g/mol. The minimum absolute atomic E-state index is 0.273. The zero-order valence-electron chi connectivity index (χ0n) is 18.1. The predicted molar refractivity (Wildman–Crippen MR) is 125 cm³/mol. The number of pyridine rings is 2. The van der Waals surface area contributed by atoms with Crippen molar-refractivity contribution in [3.63, 3.8) is 0 Å². The first-order chi connectivity index (χ1) is 16.1. The van der Waals surface area contributed by atoms with Gasteiger partial charge in [-0.2, -0.15) is 0 Å². The second kappa shape index (κ2) is 10.6. The topological polar surface area (TPSA) is 99.4 Å². The fourth-order valence-electron chi connectivity index (χ4n) is 3.02. The summed E-state index contributed by atoms with van der Waals surface area (Å²) in [5.74, 6) is 2.10. The van der Waals surface area contributed by atoms with Crippen molar-refractivity contribution in [3.8, 4) is 11.5 Å². The Hall–Kier alpha value is -3.85.